The fraction of sp³-hybridized carbons (Fsp3) is 0.405. The van der Waals surface area contributed by atoms with Gasteiger partial charge >= 0.3 is 5.97 Å². The number of hydrogen-bond donors (Lipinski definition) is 2. The molecule has 1 saturated heterocycles. The van der Waals surface area contributed by atoms with Crippen LogP contribution >= 0.6 is 0 Å². The molecule has 6 rings (SSSR count). The molecule has 2 fully saturated rings. The lowest BCUT2D eigenvalue weighted by Gasteiger charge is -2.39. The van der Waals surface area contributed by atoms with Crippen molar-refractivity contribution in [2.75, 3.05) is 13.1 Å². The first-order valence-electron chi connectivity index (χ1n) is 18.1. The lowest BCUT2D eigenvalue weighted by molar-refractivity contribution is -0.153. The van der Waals surface area contributed by atoms with E-state index in [1.165, 1.54) is 42.6 Å². The van der Waals surface area contributed by atoms with Crippen LogP contribution in [0.15, 0.2) is 85.2 Å². The predicted octanol–water partition coefficient (Wildman–Crippen LogP) is 7.58. The molecule has 0 radical (unpaired) electrons. The van der Waals surface area contributed by atoms with Gasteiger partial charge in [-0.15, -0.1) is 0 Å². The fourth-order valence-corrected chi connectivity index (χ4v) is 7.24. The zero-order valence-corrected chi connectivity index (χ0v) is 29.3. The highest BCUT2D eigenvalue weighted by molar-refractivity contribution is 5.98. The summed E-state index contributed by atoms with van der Waals surface area (Å²) in [5, 5.41) is 12.2. The molecule has 0 unspecified atom stereocenters. The highest BCUT2D eigenvalue weighted by atomic mass is 16.4. The summed E-state index contributed by atoms with van der Waals surface area (Å²) in [4.78, 5) is 49.0. The van der Waals surface area contributed by atoms with Gasteiger partial charge in [-0.2, -0.15) is 0 Å². The Morgan fingerprint density at radius 2 is 1.36 bits per heavy atom. The van der Waals surface area contributed by atoms with Gasteiger partial charge in [0.15, 0.2) is 5.82 Å². The van der Waals surface area contributed by atoms with Crippen molar-refractivity contribution in [1.29, 1.82) is 0 Å². The minimum atomic E-state index is -0.917. The second kappa shape index (κ2) is 15.8. The highest BCUT2D eigenvalue weighted by Gasteiger charge is 2.38. The quantitative estimate of drug-likeness (QED) is 0.161. The molecule has 3 aromatic carbocycles. The lowest BCUT2D eigenvalue weighted by atomic mass is 9.78. The summed E-state index contributed by atoms with van der Waals surface area (Å²) in [5.74, 6) is 0.531. The average molecular weight is 673 g/mol. The van der Waals surface area contributed by atoms with Crippen molar-refractivity contribution < 1.29 is 19.5 Å². The van der Waals surface area contributed by atoms with Gasteiger partial charge in [-0.05, 0) is 84.2 Å². The number of nitrogens with zero attached hydrogens (tertiary/aromatic N) is 3. The first kappa shape index (κ1) is 35.0. The summed E-state index contributed by atoms with van der Waals surface area (Å²) >= 11 is 0. The highest BCUT2D eigenvalue weighted by Crippen LogP contribution is 2.37. The molecule has 1 aromatic heterocycles. The van der Waals surface area contributed by atoms with Crippen molar-refractivity contribution >= 4 is 17.8 Å². The number of carboxylic acid groups (broad SMARTS) is 1. The number of amides is 2. The maximum atomic E-state index is 13.5. The van der Waals surface area contributed by atoms with E-state index in [2.05, 4.69) is 60.3 Å². The summed E-state index contributed by atoms with van der Waals surface area (Å²) in [7, 11) is 0. The molecule has 260 valence electrons. The summed E-state index contributed by atoms with van der Waals surface area (Å²) < 4.78 is 0. The van der Waals surface area contributed by atoms with Gasteiger partial charge in [-0.25, -0.2) is 9.97 Å². The number of likely N-dealkylation sites (tertiary alicyclic amines) is 1. The van der Waals surface area contributed by atoms with Crippen LogP contribution in [0.3, 0.4) is 0 Å². The van der Waals surface area contributed by atoms with Crippen LogP contribution in [0.2, 0.25) is 0 Å². The Balaban J connectivity index is 1.10. The molecule has 2 aliphatic rings. The Morgan fingerprint density at radius 1 is 0.780 bits per heavy atom. The number of hydrogen-bond acceptors (Lipinski definition) is 5. The fourth-order valence-electron chi connectivity index (χ4n) is 7.24. The lowest BCUT2D eigenvalue weighted by Crippen LogP contribution is -2.59. The minimum Gasteiger partial charge on any atom is -0.481 e. The number of carbonyl (C=O) groups excluding carboxylic acids is 2. The third-order valence-corrected chi connectivity index (χ3v) is 10.4. The maximum Gasteiger partial charge on any atom is 0.310 e. The van der Waals surface area contributed by atoms with Gasteiger partial charge in [-0.1, -0.05) is 87.9 Å². The van der Waals surface area contributed by atoms with E-state index in [0.717, 1.165) is 40.2 Å². The largest absolute Gasteiger partial charge is 0.481 e. The third kappa shape index (κ3) is 8.47. The van der Waals surface area contributed by atoms with E-state index in [1.54, 1.807) is 12.1 Å². The van der Waals surface area contributed by atoms with E-state index >= 15 is 0 Å². The molecular weight excluding hydrogens is 624 g/mol. The van der Waals surface area contributed by atoms with E-state index in [1.807, 2.05) is 48.8 Å². The van der Waals surface area contributed by atoms with Crippen molar-refractivity contribution in [3.8, 4) is 22.5 Å². The van der Waals surface area contributed by atoms with Gasteiger partial charge in [0, 0.05) is 48.6 Å². The molecule has 0 spiro atoms. The molecule has 2 N–H and O–H groups in total. The number of nitrogens with one attached hydrogen (secondary N) is 1. The molecule has 1 saturated carbocycles. The molecule has 8 heteroatoms. The first-order valence-corrected chi connectivity index (χ1v) is 18.1. The maximum absolute atomic E-state index is 13.5. The molecule has 8 nitrogen and oxygen atoms in total. The van der Waals surface area contributed by atoms with Crippen LogP contribution in [-0.4, -0.2) is 56.9 Å². The number of benzene rings is 3. The van der Waals surface area contributed by atoms with Crippen molar-refractivity contribution in [3.63, 3.8) is 0 Å². The van der Waals surface area contributed by atoms with Crippen LogP contribution in [0, 0.1) is 17.8 Å². The van der Waals surface area contributed by atoms with Crippen molar-refractivity contribution in [1.82, 2.24) is 20.2 Å². The van der Waals surface area contributed by atoms with Gasteiger partial charge in [0.1, 0.15) is 6.04 Å². The number of carboxylic acids is 1. The van der Waals surface area contributed by atoms with Gasteiger partial charge in [0.25, 0.3) is 5.91 Å². The first-order chi connectivity index (χ1) is 24.2. The van der Waals surface area contributed by atoms with E-state index < -0.39 is 17.9 Å². The SMILES string of the molecule is CC[C@H]1CC[C@H](c2ccc(-c3cnc(-c4ccc(C[C@H](NC(=O)c5ccc(CC(C)C)cc5)C(=O)N5CC(C(=O)O)C5)cc4)nc3)cc2)CC1. The zero-order valence-electron chi connectivity index (χ0n) is 29.3. The zero-order chi connectivity index (χ0) is 35.2. The average Bonchev–Trinajstić information content (AvgIpc) is 3.11. The van der Waals surface area contributed by atoms with Crippen LogP contribution < -0.4 is 5.32 Å². The van der Waals surface area contributed by atoms with Crippen LogP contribution in [-0.2, 0) is 22.4 Å². The molecule has 1 aliphatic carbocycles. The van der Waals surface area contributed by atoms with E-state index in [9.17, 15) is 19.5 Å². The summed E-state index contributed by atoms with van der Waals surface area (Å²) in [6.45, 7) is 6.88. The molecular formula is C42H48N4O4. The second-order valence-corrected chi connectivity index (χ2v) is 14.5. The van der Waals surface area contributed by atoms with Crippen LogP contribution in [0.25, 0.3) is 22.5 Å². The minimum absolute atomic E-state index is 0.140. The Morgan fingerprint density at radius 3 is 1.94 bits per heavy atom. The Bertz CT molecular complexity index is 1750. The Labute approximate surface area is 295 Å². The standard InChI is InChI=1S/C42H48N4O4/c1-4-28-5-11-31(12-6-28)32-17-19-33(20-18-32)36-23-43-39(44-24-36)34-13-7-30(8-14-34)22-38(41(48)46-25-37(26-46)42(49)50)45-40(47)35-15-9-29(10-16-35)21-27(2)3/h7-10,13-20,23-24,27-28,31,37-38H,4-6,11-12,21-22,25-26H2,1-3H3,(H,45,47)(H,49,50)/t28-,31-,38-/m0/s1. The second-order valence-electron chi connectivity index (χ2n) is 14.5. The van der Waals surface area contributed by atoms with Crippen molar-refractivity contribution in [2.45, 2.75) is 77.7 Å². The van der Waals surface area contributed by atoms with E-state index in [-0.39, 0.29) is 31.3 Å². The number of rotatable bonds is 12. The summed E-state index contributed by atoms with van der Waals surface area (Å²) in [6.07, 6.45) is 11.4. The van der Waals surface area contributed by atoms with Gasteiger partial charge < -0.3 is 15.3 Å². The topological polar surface area (TPSA) is 112 Å². The molecule has 0 bridgehead atoms. The van der Waals surface area contributed by atoms with Crippen LogP contribution in [0.1, 0.15) is 85.8 Å². The molecule has 4 aromatic rings. The van der Waals surface area contributed by atoms with E-state index in [4.69, 9.17) is 0 Å². The summed E-state index contributed by atoms with van der Waals surface area (Å²) in [6, 6.07) is 23.2. The predicted molar refractivity (Wildman–Crippen MR) is 196 cm³/mol. The molecule has 1 aliphatic heterocycles. The number of aromatic nitrogens is 2. The Kier molecular flexibility index (Phi) is 11.1. The van der Waals surface area contributed by atoms with Crippen LogP contribution in [0.5, 0.6) is 0 Å². The third-order valence-electron chi connectivity index (χ3n) is 10.4. The number of carbonyl (C=O) groups is 3. The smallest absolute Gasteiger partial charge is 0.310 e. The van der Waals surface area contributed by atoms with Gasteiger partial charge in [0.05, 0.1) is 5.92 Å². The van der Waals surface area contributed by atoms with Crippen molar-refractivity contribution in [2.24, 2.45) is 17.8 Å². The molecule has 2 heterocycles. The molecule has 2 amide bonds. The van der Waals surface area contributed by atoms with Gasteiger partial charge in [-0.3, -0.25) is 14.4 Å². The molecule has 1 atom stereocenters. The van der Waals surface area contributed by atoms with Crippen molar-refractivity contribution in [3.05, 3.63) is 107 Å². The monoisotopic (exact) mass is 672 g/mol. The summed E-state index contributed by atoms with van der Waals surface area (Å²) in [5.41, 5.74) is 6.82. The number of aliphatic carboxylic acids is 1. The van der Waals surface area contributed by atoms with E-state index in [0.29, 0.717) is 23.2 Å². The Hall–Kier alpha value is -4.85. The van der Waals surface area contributed by atoms with Crippen LogP contribution in [0.4, 0.5) is 0 Å². The molecule has 50 heavy (non-hydrogen) atoms. The normalized spacial score (nSPS) is 18.4. The van der Waals surface area contributed by atoms with Gasteiger partial charge in [0.2, 0.25) is 5.91 Å².